The zero-order valence-corrected chi connectivity index (χ0v) is 20.0. The Bertz CT molecular complexity index is 953. The number of amides is 1. The van der Waals surface area contributed by atoms with Crippen LogP contribution in [0.4, 0.5) is 5.69 Å². The second-order valence-corrected chi connectivity index (χ2v) is 10.5. The smallest absolute Gasteiger partial charge is 0.240 e. The monoisotopic (exact) mass is 448 g/mol. The van der Waals surface area contributed by atoms with E-state index in [2.05, 4.69) is 48.2 Å². The fraction of sp³-hybridized carbons (Fsp3) is 0.435. The van der Waals surface area contributed by atoms with Crippen molar-refractivity contribution in [1.82, 2.24) is 4.72 Å². The molecule has 2 N–H and O–H groups in total. The minimum absolute atomic E-state index is 0.142. The number of thioether (sulfide) groups is 1. The molecular formula is C23H32N2O3S2. The Labute approximate surface area is 185 Å². The first-order valence-electron chi connectivity index (χ1n) is 10.2. The van der Waals surface area contributed by atoms with E-state index in [-0.39, 0.29) is 16.7 Å². The Morgan fingerprint density at radius 1 is 1.03 bits per heavy atom. The van der Waals surface area contributed by atoms with Crippen molar-refractivity contribution in [2.75, 3.05) is 18.1 Å². The molecule has 30 heavy (non-hydrogen) atoms. The number of carbonyl (C=O) groups excluding carboxylic acids is 1. The van der Waals surface area contributed by atoms with Crippen molar-refractivity contribution in [2.24, 2.45) is 5.92 Å². The lowest BCUT2D eigenvalue weighted by atomic mass is 10.0. The van der Waals surface area contributed by atoms with Gasteiger partial charge in [0.15, 0.2) is 0 Å². The molecule has 0 bridgehead atoms. The van der Waals surface area contributed by atoms with Crippen molar-refractivity contribution in [2.45, 2.75) is 56.2 Å². The summed E-state index contributed by atoms with van der Waals surface area (Å²) in [5.74, 6) is 0.169. The molecule has 0 aliphatic carbocycles. The van der Waals surface area contributed by atoms with Crippen molar-refractivity contribution in [3.05, 3.63) is 53.6 Å². The van der Waals surface area contributed by atoms with Crippen molar-refractivity contribution >= 4 is 33.4 Å². The maximum absolute atomic E-state index is 12.7. The molecule has 2 aromatic rings. The normalized spacial score (nSPS) is 11.8. The molecule has 0 radical (unpaired) electrons. The summed E-state index contributed by atoms with van der Waals surface area (Å²) in [6, 6.07) is 13.3. The summed E-state index contributed by atoms with van der Waals surface area (Å²) in [6.45, 7) is 8.27. The average molecular weight is 449 g/mol. The number of nitrogens with one attached hydrogen (secondary N) is 2. The third-order valence-electron chi connectivity index (χ3n) is 4.84. The Morgan fingerprint density at radius 3 is 2.27 bits per heavy atom. The number of hydrogen-bond donors (Lipinski definition) is 2. The summed E-state index contributed by atoms with van der Waals surface area (Å²) in [4.78, 5) is 13.0. The highest BCUT2D eigenvalue weighted by molar-refractivity contribution is 7.98. The molecule has 7 heteroatoms. The fourth-order valence-electron chi connectivity index (χ4n) is 2.88. The summed E-state index contributed by atoms with van der Waals surface area (Å²) < 4.78 is 28.1. The minimum Gasteiger partial charge on any atom is -0.325 e. The van der Waals surface area contributed by atoms with Gasteiger partial charge >= 0.3 is 0 Å². The van der Waals surface area contributed by atoms with Crippen LogP contribution < -0.4 is 10.0 Å². The number of rotatable bonds is 10. The van der Waals surface area contributed by atoms with Crippen LogP contribution in [-0.2, 0) is 21.2 Å². The molecular weight excluding hydrogens is 416 g/mol. The van der Waals surface area contributed by atoms with Crippen molar-refractivity contribution < 1.29 is 13.2 Å². The van der Waals surface area contributed by atoms with Crippen LogP contribution in [0.15, 0.2) is 52.3 Å². The van der Waals surface area contributed by atoms with E-state index in [4.69, 9.17) is 0 Å². The molecule has 0 heterocycles. The van der Waals surface area contributed by atoms with E-state index in [1.54, 1.807) is 26.0 Å². The number of aryl methyl sites for hydroxylation is 1. The van der Waals surface area contributed by atoms with Crippen molar-refractivity contribution in [1.29, 1.82) is 0 Å². The second-order valence-electron chi connectivity index (χ2n) is 7.90. The van der Waals surface area contributed by atoms with Gasteiger partial charge in [-0.1, -0.05) is 52.0 Å². The molecule has 2 rings (SSSR count). The summed E-state index contributed by atoms with van der Waals surface area (Å²) in [5, 5.41) is 2.82. The Kier molecular flexibility index (Phi) is 8.94. The Hall–Kier alpha value is -1.83. The lowest BCUT2D eigenvalue weighted by molar-refractivity contribution is -0.118. The van der Waals surface area contributed by atoms with Gasteiger partial charge < -0.3 is 5.32 Å². The number of benzene rings is 2. The van der Waals surface area contributed by atoms with Crippen LogP contribution >= 0.6 is 11.8 Å². The van der Waals surface area contributed by atoms with Gasteiger partial charge in [-0.15, -0.1) is 11.8 Å². The highest BCUT2D eigenvalue weighted by atomic mass is 32.2. The summed E-state index contributed by atoms with van der Waals surface area (Å²) in [5.41, 5.74) is 3.02. The lowest BCUT2D eigenvalue weighted by Gasteiger charge is -2.14. The zero-order chi connectivity index (χ0) is 22.3. The first kappa shape index (κ1) is 24.4. The highest BCUT2D eigenvalue weighted by Crippen LogP contribution is 2.28. The second kappa shape index (κ2) is 11.0. The lowest BCUT2D eigenvalue weighted by Crippen LogP contribution is -2.25. The summed E-state index contributed by atoms with van der Waals surface area (Å²) in [6.07, 6.45) is 3.41. The largest absolute Gasteiger partial charge is 0.325 e. The topological polar surface area (TPSA) is 75.3 Å². The van der Waals surface area contributed by atoms with Crippen molar-refractivity contribution in [3.63, 3.8) is 0 Å². The molecule has 0 atom stereocenters. The maximum atomic E-state index is 12.7. The highest BCUT2D eigenvalue weighted by Gasteiger charge is 2.17. The van der Waals surface area contributed by atoms with Gasteiger partial charge in [0, 0.05) is 17.4 Å². The van der Waals surface area contributed by atoms with E-state index in [0.29, 0.717) is 24.6 Å². The molecule has 164 valence electrons. The molecule has 5 nitrogen and oxygen atoms in total. The van der Waals surface area contributed by atoms with E-state index in [0.717, 1.165) is 11.3 Å². The van der Waals surface area contributed by atoms with E-state index < -0.39 is 10.0 Å². The van der Waals surface area contributed by atoms with Gasteiger partial charge in [-0.25, -0.2) is 13.1 Å². The number of hydrogen-bond acceptors (Lipinski definition) is 4. The standard InChI is InChI=1S/C23H32N2O3S2/c1-16(2)19-10-8-18(9-11-19)7-6-14-24-30(27,28)20-12-13-22(29-5)21(15-20)25-23(26)17(3)4/h8-13,15-17,24H,6-7,14H2,1-5H3,(H,25,26). The van der Waals surface area contributed by atoms with E-state index >= 15 is 0 Å². The van der Waals surface area contributed by atoms with E-state index in [1.807, 2.05) is 6.26 Å². The molecule has 0 aliphatic rings. The van der Waals surface area contributed by atoms with Gasteiger partial charge in [-0.3, -0.25) is 4.79 Å². The van der Waals surface area contributed by atoms with Crippen LogP contribution in [0.2, 0.25) is 0 Å². The van der Waals surface area contributed by atoms with E-state index in [9.17, 15) is 13.2 Å². The van der Waals surface area contributed by atoms with Crippen LogP contribution in [0.3, 0.4) is 0 Å². The Morgan fingerprint density at radius 2 is 1.70 bits per heavy atom. The average Bonchev–Trinajstić information content (AvgIpc) is 2.71. The molecule has 0 aliphatic heterocycles. The molecule has 2 aromatic carbocycles. The number of carbonyl (C=O) groups is 1. The fourth-order valence-corrected chi connectivity index (χ4v) is 4.51. The van der Waals surface area contributed by atoms with Gasteiger partial charge in [0.2, 0.25) is 15.9 Å². The SMILES string of the molecule is CSc1ccc(S(=O)(=O)NCCCc2ccc(C(C)C)cc2)cc1NC(=O)C(C)C. The number of anilines is 1. The molecule has 1 amide bonds. The minimum atomic E-state index is -3.65. The molecule has 0 aromatic heterocycles. The predicted octanol–water partition coefficient (Wildman–Crippen LogP) is 5.04. The number of sulfonamides is 1. The van der Waals surface area contributed by atoms with Gasteiger partial charge in [-0.2, -0.15) is 0 Å². The molecule has 0 saturated heterocycles. The van der Waals surface area contributed by atoms with Crippen LogP contribution in [0.25, 0.3) is 0 Å². The summed E-state index contributed by atoms with van der Waals surface area (Å²) in [7, 11) is -3.65. The van der Waals surface area contributed by atoms with Gasteiger partial charge in [0.25, 0.3) is 0 Å². The third-order valence-corrected chi connectivity index (χ3v) is 7.10. The summed E-state index contributed by atoms with van der Waals surface area (Å²) >= 11 is 1.46. The first-order valence-corrected chi connectivity index (χ1v) is 12.9. The Balaban J connectivity index is 2.00. The van der Waals surface area contributed by atoms with Crippen molar-refractivity contribution in [3.8, 4) is 0 Å². The maximum Gasteiger partial charge on any atom is 0.240 e. The first-order chi connectivity index (χ1) is 14.1. The van der Waals surface area contributed by atoms with Crippen LogP contribution in [0, 0.1) is 5.92 Å². The van der Waals surface area contributed by atoms with Gasteiger partial charge in [-0.05, 0) is 54.3 Å². The third kappa shape index (κ3) is 6.86. The van der Waals surface area contributed by atoms with Gasteiger partial charge in [0.1, 0.15) is 0 Å². The molecule has 0 saturated carbocycles. The molecule has 0 fully saturated rings. The molecule has 0 spiro atoms. The van der Waals surface area contributed by atoms with Crippen LogP contribution in [0.5, 0.6) is 0 Å². The molecule has 0 unspecified atom stereocenters. The van der Waals surface area contributed by atoms with Gasteiger partial charge in [0.05, 0.1) is 10.6 Å². The van der Waals surface area contributed by atoms with Crippen LogP contribution in [0.1, 0.15) is 51.2 Å². The quantitative estimate of drug-likeness (QED) is 0.394. The van der Waals surface area contributed by atoms with Crippen LogP contribution in [-0.4, -0.2) is 27.1 Å². The van der Waals surface area contributed by atoms with E-state index in [1.165, 1.54) is 29.0 Å². The predicted molar refractivity (Wildman–Crippen MR) is 126 cm³/mol. The zero-order valence-electron chi connectivity index (χ0n) is 18.4.